The first-order chi connectivity index (χ1) is 11.7. The highest BCUT2D eigenvalue weighted by molar-refractivity contribution is 7.92. The molecule has 1 aromatic heterocycles. The summed E-state index contributed by atoms with van der Waals surface area (Å²) in [6, 6.07) is 7.65. The number of hydrogen-bond donors (Lipinski definition) is 0. The zero-order valence-electron chi connectivity index (χ0n) is 14.7. The van der Waals surface area contributed by atoms with Crippen molar-refractivity contribution in [2.24, 2.45) is 0 Å². The minimum atomic E-state index is -3.64. The third kappa shape index (κ3) is 4.56. The molecule has 1 unspecified atom stereocenters. The first kappa shape index (κ1) is 18.9. The molecule has 136 valence electrons. The van der Waals surface area contributed by atoms with Crippen LogP contribution in [-0.2, 0) is 21.4 Å². The number of likely N-dealkylation sites (N-methyl/N-ethyl adjacent to an activating group) is 1. The molecule has 0 spiro atoms. The fourth-order valence-corrected chi connectivity index (χ4v) is 3.73. The summed E-state index contributed by atoms with van der Waals surface area (Å²) in [5.41, 5.74) is 0.442. The van der Waals surface area contributed by atoms with E-state index in [0.29, 0.717) is 23.9 Å². The summed E-state index contributed by atoms with van der Waals surface area (Å²) < 4.78 is 30.6. The quantitative estimate of drug-likeness (QED) is 0.738. The van der Waals surface area contributed by atoms with E-state index < -0.39 is 16.1 Å². The molecule has 0 saturated carbocycles. The maximum Gasteiger partial charge on any atom is 0.246 e. The third-order valence-electron chi connectivity index (χ3n) is 3.67. The minimum Gasteiger partial charge on any atom is -0.340 e. The van der Waals surface area contributed by atoms with E-state index >= 15 is 0 Å². The summed E-state index contributed by atoms with van der Waals surface area (Å²) in [4.78, 5) is 18.5. The van der Waals surface area contributed by atoms with Crippen LogP contribution in [0.15, 0.2) is 34.9 Å². The molecule has 0 N–H and O–H groups in total. The maximum atomic E-state index is 12.9. The zero-order valence-corrected chi connectivity index (χ0v) is 15.5. The van der Waals surface area contributed by atoms with Crippen LogP contribution in [0.4, 0.5) is 5.69 Å². The Balaban J connectivity index is 2.27. The van der Waals surface area contributed by atoms with Gasteiger partial charge in [-0.2, -0.15) is 4.98 Å². The van der Waals surface area contributed by atoms with Crippen molar-refractivity contribution in [3.05, 3.63) is 42.0 Å². The number of nitrogens with zero attached hydrogens (tertiary/aromatic N) is 4. The van der Waals surface area contributed by atoms with E-state index in [-0.39, 0.29) is 12.5 Å². The molecule has 1 aromatic carbocycles. The summed E-state index contributed by atoms with van der Waals surface area (Å²) >= 11 is 0. The van der Waals surface area contributed by atoms with Gasteiger partial charge in [0.1, 0.15) is 6.04 Å². The van der Waals surface area contributed by atoms with E-state index in [4.69, 9.17) is 4.52 Å². The lowest BCUT2D eigenvalue weighted by molar-refractivity contribution is -0.132. The highest BCUT2D eigenvalue weighted by Gasteiger charge is 2.32. The van der Waals surface area contributed by atoms with E-state index in [1.54, 1.807) is 44.2 Å². The number of aryl methyl sites for hydroxylation is 1. The summed E-state index contributed by atoms with van der Waals surface area (Å²) in [6.45, 7) is 5.59. The standard InChI is InChI=1S/C16H22N4O4S/c1-5-19(11-15-17-13(3)24-18-15)16(21)12(2)20(25(4,22)23)14-9-7-6-8-10-14/h6-10,12H,5,11H2,1-4H3. The Morgan fingerprint density at radius 3 is 2.40 bits per heavy atom. The Morgan fingerprint density at radius 1 is 1.28 bits per heavy atom. The van der Waals surface area contributed by atoms with Crippen LogP contribution in [0.5, 0.6) is 0 Å². The fraction of sp³-hybridized carbons (Fsp3) is 0.438. The molecule has 1 atom stereocenters. The summed E-state index contributed by atoms with van der Waals surface area (Å²) in [7, 11) is -3.64. The smallest absolute Gasteiger partial charge is 0.246 e. The van der Waals surface area contributed by atoms with Gasteiger partial charge < -0.3 is 9.42 Å². The first-order valence-electron chi connectivity index (χ1n) is 7.86. The molecular weight excluding hydrogens is 344 g/mol. The van der Waals surface area contributed by atoms with Crippen molar-refractivity contribution >= 4 is 21.6 Å². The van der Waals surface area contributed by atoms with Crippen molar-refractivity contribution in [3.63, 3.8) is 0 Å². The van der Waals surface area contributed by atoms with Crippen molar-refractivity contribution in [3.8, 4) is 0 Å². The van der Waals surface area contributed by atoms with Gasteiger partial charge in [0.2, 0.25) is 21.8 Å². The second kappa shape index (κ2) is 7.64. The van der Waals surface area contributed by atoms with Crippen molar-refractivity contribution < 1.29 is 17.7 Å². The Morgan fingerprint density at radius 2 is 1.92 bits per heavy atom. The Hall–Kier alpha value is -2.42. The second-order valence-corrected chi connectivity index (χ2v) is 7.51. The number of anilines is 1. The molecule has 25 heavy (non-hydrogen) atoms. The van der Waals surface area contributed by atoms with Gasteiger partial charge in [0, 0.05) is 13.5 Å². The molecule has 2 rings (SSSR count). The molecule has 1 amide bonds. The lowest BCUT2D eigenvalue weighted by Crippen LogP contribution is -2.49. The predicted octanol–water partition coefficient (Wildman–Crippen LogP) is 1.58. The predicted molar refractivity (Wildman–Crippen MR) is 93.4 cm³/mol. The average Bonchev–Trinajstić information content (AvgIpc) is 2.97. The average molecular weight is 366 g/mol. The molecular formula is C16H22N4O4S. The van der Waals surface area contributed by atoms with Gasteiger partial charge in [-0.05, 0) is 26.0 Å². The van der Waals surface area contributed by atoms with E-state index in [9.17, 15) is 13.2 Å². The normalized spacial score (nSPS) is 12.6. The van der Waals surface area contributed by atoms with E-state index in [2.05, 4.69) is 10.1 Å². The molecule has 0 aliphatic heterocycles. The monoisotopic (exact) mass is 366 g/mol. The van der Waals surface area contributed by atoms with Crippen molar-refractivity contribution in [1.82, 2.24) is 15.0 Å². The summed E-state index contributed by atoms with van der Waals surface area (Å²) in [5, 5.41) is 3.79. The van der Waals surface area contributed by atoms with E-state index in [0.717, 1.165) is 10.6 Å². The largest absolute Gasteiger partial charge is 0.340 e. The summed E-state index contributed by atoms with van der Waals surface area (Å²) in [5.74, 6) is 0.457. The minimum absolute atomic E-state index is 0.156. The molecule has 0 bridgehead atoms. The van der Waals surface area contributed by atoms with Crippen LogP contribution in [0.3, 0.4) is 0 Å². The Labute approximate surface area is 147 Å². The highest BCUT2D eigenvalue weighted by Crippen LogP contribution is 2.21. The first-order valence-corrected chi connectivity index (χ1v) is 9.71. The topological polar surface area (TPSA) is 96.6 Å². The fourth-order valence-electron chi connectivity index (χ4n) is 2.56. The van der Waals surface area contributed by atoms with Gasteiger partial charge >= 0.3 is 0 Å². The van der Waals surface area contributed by atoms with Crippen LogP contribution < -0.4 is 4.31 Å². The number of benzene rings is 1. The second-order valence-electron chi connectivity index (χ2n) is 5.65. The van der Waals surface area contributed by atoms with Gasteiger partial charge in [-0.1, -0.05) is 23.4 Å². The zero-order chi connectivity index (χ0) is 18.6. The molecule has 1 heterocycles. The molecule has 0 saturated heterocycles. The van der Waals surface area contributed by atoms with Crippen molar-refractivity contribution in [2.75, 3.05) is 17.1 Å². The molecule has 8 nitrogen and oxygen atoms in total. The number of amides is 1. The highest BCUT2D eigenvalue weighted by atomic mass is 32.2. The van der Waals surface area contributed by atoms with E-state index in [1.807, 2.05) is 6.92 Å². The van der Waals surface area contributed by atoms with Gasteiger partial charge in [0.15, 0.2) is 5.82 Å². The van der Waals surface area contributed by atoms with Gasteiger partial charge in [0.25, 0.3) is 0 Å². The van der Waals surface area contributed by atoms with Crippen LogP contribution in [0.25, 0.3) is 0 Å². The van der Waals surface area contributed by atoms with Crippen LogP contribution in [0, 0.1) is 6.92 Å². The molecule has 0 radical (unpaired) electrons. The Bertz CT molecular complexity index is 820. The van der Waals surface area contributed by atoms with Crippen LogP contribution in [0.1, 0.15) is 25.6 Å². The van der Waals surface area contributed by atoms with Crippen LogP contribution >= 0.6 is 0 Å². The van der Waals surface area contributed by atoms with Gasteiger partial charge in [-0.25, -0.2) is 8.42 Å². The number of para-hydroxylation sites is 1. The lowest BCUT2D eigenvalue weighted by atomic mass is 10.2. The van der Waals surface area contributed by atoms with Crippen LogP contribution in [-0.4, -0.2) is 48.2 Å². The number of carbonyl (C=O) groups excluding carboxylic acids is 1. The maximum absolute atomic E-state index is 12.9. The van der Waals surface area contributed by atoms with Crippen molar-refractivity contribution in [1.29, 1.82) is 0 Å². The number of hydrogen-bond acceptors (Lipinski definition) is 6. The number of sulfonamides is 1. The third-order valence-corrected chi connectivity index (χ3v) is 4.91. The number of rotatable bonds is 7. The molecule has 0 fully saturated rings. The van der Waals surface area contributed by atoms with E-state index in [1.165, 1.54) is 4.90 Å². The molecule has 9 heteroatoms. The Kier molecular flexibility index (Phi) is 5.78. The van der Waals surface area contributed by atoms with Gasteiger partial charge in [-0.15, -0.1) is 0 Å². The SMILES string of the molecule is CCN(Cc1noc(C)n1)C(=O)C(C)N(c1ccccc1)S(C)(=O)=O. The molecule has 2 aromatic rings. The lowest BCUT2D eigenvalue weighted by Gasteiger charge is -2.31. The summed E-state index contributed by atoms with van der Waals surface area (Å²) in [6.07, 6.45) is 1.09. The van der Waals surface area contributed by atoms with Gasteiger partial charge in [-0.3, -0.25) is 9.10 Å². The van der Waals surface area contributed by atoms with Crippen LogP contribution in [0.2, 0.25) is 0 Å². The molecule has 0 aliphatic carbocycles. The number of aromatic nitrogens is 2. The molecule has 0 aliphatic rings. The van der Waals surface area contributed by atoms with Crippen molar-refractivity contribution in [2.45, 2.75) is 33.4 Å². The number of carbonyl (C=O) groups is 1. The van der Waals surface area contributed by atoms with Gasteiger partial charge in [0.05, 0.1) is 18.5 Å².